The number of unbranched alkanes of at least 4 members (excludes halogenated alkanes) is 43. The van der Waals surface area contributed by atoms with Crippen molar-refractivity contribution in [1.29, 1.82) is 0 Å². The first-order valence-electron chi connectivity index (χ1n) is 29.0. The predicted molar refractivity (Wildman–Crippen MR) is 278 cm³/mol. The molecule has 0 aliphatic carbocycles. The minimum Gasteiger partial charge on any atom is -0.466 e. The summed E-state index contributed by atoms with van der Waals surface area (Å²) in [5.41, 5.74) is 0. The van der Waals surface area contributed by atoms with Crippen LogP contribution in [0.25, 0.3) is 0 Å². The maximum atomic E-state index is 12.4. The van der Waals surface area contributed by atoms with E-state index in [2.05, 4.69) is 19.2 Å². The monoisotopic (exact) mass is 904 g/mol. The van der Waals surface area contributed by atoms with E-state index < -0.39 is 12.1 Å². The summed E-state index contributed by atoms with van der Waals surface area (Å²) in [6.07, 6.45) is 63.9. The molecule has 0 heterocycles. The van der Waals surface area contributed by atoms with Crippen molar-refractivity contribution < 1.29 is 24.5 Å². The third-order valence-corrected chi connectivity index (χ3v) is 13.6. The second-order valence-electron chi connectivity index (χ2n) is 20.0. The number of carbonyl (C=O) groups excluding carboxylic acids is 2. The Bertz CT molecular complexity index is 955. The number of allylic oxidation sites excluding steroid dienone is 1. The van der Waals surface area contributed by atoms with Crippen molar-refractivity contribution in [2.24, 2.45) is 0 Å². The fraction of sp³-hybridized carbons (Fsp3) is 0.931. The first-order valence-corrected chi connectivity index (χ1v) is 29.0. The number of carbonyl (C=O) groups is 2. The second kappa shape index (κ2) is 54.2. The molecule has 380 valence electrons. The SMILES string of the molecule is CCCCCCCCC/C=C/C(O)C(CO)NC(=O)CCCCCCCCCCCCCCCCCCCCCCCCCOC(=O)CCCCCCCCCCCCCCCCC. The van der Waals surface area contributed by atoms with Crippen molar-refractivity contribution in [2.45, 2.75) is 334 Å². The van der Waals surface area contributed by atoms with Crippen LogP contribution in [-0.4, -0.2) is 47.4 Å². The molecule has 0 aromatic heterocycles. The topological polar surface area (TPSA) is 95.9 Å². The van der Waals surface area contributed by atoms with E-state index in [0.717, 1.165) is 38.5 Å². The van der Waals surface area contributed by atoms with Crippen molar-refractivity contribution in [3.63, 3.8) is 0 Å². The Hall–Kier alpha value is -1.40. The van der Waals surface area contributed by atoms with Gasteiger partial charge in [-0.15, -0.1) is 0 Å². The Labute approximate surface area is 399 Å². The van der Waals surface area contributed by atoms with E-state index in [1.807, 2.05) is 6.08 Å². The van der Waals surface area contributed by atoms with Crippen LogP contribution in [0.15, 0.2) is 12.2 Å². The van der Waals surface area contributed by atoms with E-state index >= 15 is 0 Å². The number of ether oxygens (including phenoxy) is 1. The molecule has 1 amide bonds. The van der Waals surface area contributed by atoms with Crippen LogP contribution in [0.2, 0.25) is 0 Å². The maximum absolute atomic E-state index is 12.4. The molecule has 0 aromatic rings. The molecule has 0 radical (unpaired) electrons. The van der Waals surface area contributed by atoms with Gasteiger partial charge in [0.05, 0.1) is 25.4 Å². The zero-order valence-corrected chi connectivity index (χ0v) is 43.3. The van der Waals surface area contributed by atoms with Gasteiger partial charge in [0.1, 0.15) is 0 Å². The fourth-order valence-corrected chi connectivity index (χ4v) is 9.11. The van der Waals surface area contributed by atoms with Gasteiger partial charge in [-0.25, -0.2) is 0 Å². The zero-order valence-electron chi connectivity index (χ0n) is 43.3. The molecule has 0 aliphatic rings. The van der Waals surface area contributed by atoms with Gasteiger partial charge in [0.15, 0.2) is 0 Å². The predicted octanol–water partition coefficient (Wildman–Crippen LogP) is 17.7. The van der Waals surface area contributed by atoms with Gasteiger partial charge in [-0.1, -0.05) is 289 Å². The Kier molecular flexibility index (Phi) is 53.0. The summed E-state index contributed by atoms with van der Waals surface area (Å²) in [7, 11) is 0. The summed E-state index contributed by atoms with van der Waals surface area (Å²) in [5, 5.41) is 22.9. The highest BCUT2D eigenvalue weighted by Crippen LogP contribution is 2.17. The highest BCUT2D eigenvalue weighted by Gasteiger charge is 2.18. The molecule has 0 aromatic carbocycles. The van der Waals surface area contributed by atoms with E-state index in [0.29, 0.717) is 19.4 Å². The van der Waals surface area contributed by atoms with Crippen LogP contribution in [0.5, 0.6) is 0 Å². The Morgan fingerprint density at radius 2 is 0.719 bits per heavy atom. The third kappa shape index (κ3) is 50.0. The number of rotatable bonds is 54. The van der Waals surface area contributed by atoms with E-state index in [9.17, 15) is 19.8 Å². The van der Waals surface area contributed by atoms with Gasteiger partial charge in [-0.3, -0.25) is 9.59 Å². The lowest BCUT2D eigenvalue weighted by molar-refractivity contribution is -0.143. The Morgan fingerprint density at radius 3 is 1.06 bits per heavy atom. The Balaban J connectivity index is 3.33. The summed E-state index contributed by atoms with van der Waals surface area (Å²) >= 11 is 0. The van der Waals surface area contributed by atoms with Crippen LogP contribution in [0.4, 0.5) is 0 Å². The molecule has 0 aliphatic heterocycles. The molecule has 64 heavy (non-hydrogen) atoms. The molecular formula is C58H113NO5. The van der Waals surface area contributed by atoms with Gasteiger partial charge >= 0.3 is 5.97 Å². The van der Waals surface area contributed by atoms with E-state index in [-0.39, 0.29) is 18.5 Å². The molecule has 6 heteroatoms. The molecular weight excluding hydrogens is 791 g/mol. The first-order chi connectivity index (χ1) is 31.5. The van der Waals surface area contributed by atoms with Gasteiger partial charge in [-0.05, 0) is 32.1 Å². The molecule has 2 atom stereocenters. The van der Waals surface area contributed by atoms with Gasteiger partial charge in [0.25, 0.3) is 0 Å². The third-order valence-electron chi connectivity index (χ3n) is 13.6. The molecule has 0 saturated heterocycles. The number of hydrogen-bond donors (Lipinski definition) is 3. The molecule has 0 spiro atoms. The number of hydrogen-bond acceptors (Lipinski definition) is 5. The summed E-state index contributed by atoms with van der Waals surface area (Å²) in [6.45, 7) is 4.89. The van der Waals surface area contributed by atoms with Crippen LogP contribution < -0.4 is 5.32 Å². The quantitative estimate of drug-likeness (QED) is 0.0321. The fourth-order valence-electron chi connectivity index (χ4n) is 9.11. The van der Waals surface area contributed by atoms with Crippen LogP contribution in [0, 0.1) is 0 Å². The molecule has 6 nitrogen and oxygen atoms in total. The van der Waals surface area contributed by atoms with Crippen molar-refractivity contribution >= 4 is 11.9 Å². The van der Waals surface area contributed by atoms with Gasteiger partial charge in [0, 0.05) is 12.8 Å². The van der Waals surface area contributed by atoms with Crippen molar-refractivity contribution in [3.05, 3.63) is 12.2 Å². The van der Waals surface area contributed by atoms with Crippen LogP contribution in [-0.2, 0) is 14.3 Å². The van der Waals surface area contributed by atoms with Crippen LogP contribution in [0.1, 0.15) is 322 Å². The number of aliphatic hydroxyl groups excluding tert-OH is 2. The smallest absolute Gasteiger partial charge is 0.305 e. The van der Waals surface area contributed by atoms with Crippen molar-refractivity contribution in [3.8, 4) is 0 Å². The molecule has 0 bridgehead atoms. The summed E-state index contributed by atoms with van der Waals surface area (Å²) < 4.78 is 5.49. The highest BCUT2D eigenvalue weighted by atomic mass is 16.5. The Morgan fingerprint density at radius 1 is 0.422 bits per heavy atom. The van der Waals surface area contributed by atoms with Gasteiger partial charge in [-0.2, -0.15) is 0 Å². The summed E-state index contributed by atoms with van der Waals surface area (Å²) in [5.74, 6) is -0.0521. The zero-order chi connectivity index (χ0) is 46.5. The van der Waals surface area contributed by atoms with Gasteiger partial charge < -0.3 is 20.3 Å². The normalized spacial score (nSPS) is 12.6. The standard InChI is InChI=1S/C58H113NO5/c1-3-5-7-9-11-13-14-15-25-29-32-36-40-44-48-52-58(63)64-53-49-45-41-37-33-30-27-24-22-20-18-16-17-19-21-23-26-28-31-35-39-43-47-51-57(62)59-55(54-60)56(61)50-46-42-38-34-12-10-8-6-4-2/h46,50,55-56,60-61H,3-45,47-49,51-54H2,1-2H3,(H,59,62)/b50-46+. The molecule has 0 saturated carbocycles. The molecule has 0 rings (SSSR count). The van der Waals surface area contributed by atoms with Crippen LogP contribution in [0.3, 0.4) is 0 Å². The average molecular weight is 905 g/mol. The number of aliphatic hydroxyl groups is 2. The second-order valence-corrected chi connectivity index (χ2v) is 20.0. The largest absolute Gasteiger partial charge is 0.466 e. The van der Waals surface area contributed by atoms with Crippen LogP contribution >= 0.6 is 0 Å². The first kappa shape index (κ1) is 62.6. The summed E-state index contributed by atoms with van der Waals surface area (Å²) in [6, 6.07) is -0.624. The average Bonchev–Trinajstić information content (AvgIpc) is 3.29. The maximum Gasteiger partial charge on any atom is 0.305 e. The van der Waals surface area contributed by atoms with Crippen molar-refractivity contribution in [1.82, 2.24) is 5.32 Å². The minimum absolute atomic E-state index is 0.0169. The number of nitrogens with one attached hydrogen (secondary N) is 1. The lowest BCUT2D eigenvalue weighted by Crippen LogP contribution is -2.45. The number of amides is 1. The lowest BCUT2D eigenvalue weighted by Gasteiger charge is -2.20. The summed E-state index contributed by atoms with van der Waals surface area (Å²) in [4.78, 5) is 24.4. The minimum atomic E-state index is -0.840. The molecule has 0 fully saturated rings. The lowest BCUT2D eigenvalue weighted by atomic mass is 10.0. The number of esters is 1. The molecule has 3 N–H and O–H groups in total. The van der Waals surface area contributed by atoms with E-state index in [1.54, 1.807) is 6.08 Å². The van der Waals surface area contributed by atoms with E-state index in [4.69, 9.17) is 4.74 Å². The van der Waals surface area contributed by atoms with Crippen molar-refractivity contribution in [2.75, 3.05) is 13.2 Å². The molecule has 2 unspecified atom stereocenters. The van der Waals surface area contributed by atoms with E-state index in [1.165, 1.54) is 257 Å². The highest BCUT2D eigenvalue weighted by molar-refractivity contribution is 5.76. The van der Waals surface area contributed by atoms with Gasteiger partial charge in [0.2, 0.25) is 5.91 Å².